The van der Waals surface area contributed by atoms with E-state index < -0.39 is 0 Å². The summed E-state index contributed by atoms with van der Waals surface area (Å²) in [7, 11) is 5.28. The fraction of sp³-hybridized carbons (Fsp3) is 0.696. The van der Waals surface area contributed by atoms with Crippen LogP contribution in [0.5, 0.6) is 5.75 Å². The molecule has 2 unspecified atom stereocenters. The predicted octanol–water partition coefficient (Wildman–Crippen LogP) is 2.64. The Balaban J connectivity index is 1.97. The number of rotatable bonds is 12. The Hall–Kier alpha value is -1.83. The number of ether oxygens (including phenoxy) is 3. The van der Waals surface area contributed by atoms with E-state index in [2.05, 4.69) is 52.2 Å². The van der Waals surface area contributed by atoms with Crippen LogP contribution in [-0.2, 0) is 9.47 Å². The van der Waals surface area contributed by atoms with Crippen LogP contribution in [0.3, 0.4) is 0 Å². The number of methoxy groups -OCH3 is 2. The van der Waals surface area contributed by atoms with Crippen molar-refractivity contribution in [2.24, 2.45) is 10.9 Å². The molecule has 0 aliphatic carbocycles. The normalized spacial score (nSPS) is 18.1. The van der Waals surface area contributed by atoms with Crippen LogP contribution in [0, 0.1) is 5.92 Å². The van der Waals surface area contributed by atoms with Gasteiger partial charge in [-0.2, -0.15) is 0 Å². The van der Waals surface area contributed by atoms with E-state index in [1.807, 2.05) is 13.1 Å². The van der Waals surface area contributed by atoms with Gasteiger partial charge in [-0.25, -0.2) is 0 Å². The molecule has 1 saturated heterocycles. The highest BCUT2D eigenvalue weighted by atomic mass is 16.5. The first kappa shape index (κ1) is 24.4. The van der Waals surface area contributed by atoms with Crippen molar-refractivity contribution in [2.75, 3.05) is 73.8 Å². The van der Waals surface area contributed by atoms with Crippen molar-refractivity contribution in [1.29, 1.82) is 0 Å². The number of nitrogens with zero attached hydrogens (tertiary/aromatic N) is 3. The summed E-state index contributed by atoms with van der Waals surface area (Å²) in [5.74, 6) is 2.40. The predicted molar refractivity (Wildman–Crippen MR) is 122 cm³/mol. The fourth-order valence-corrected chi connectivity index (χ4v) is 4.04. The van der Waals surface area contributed by atoms with Gasteiger partial charge in [0.1, 0.15) is 5.75 Å². The van der Waals surface area contributed by atoms with E-state index in [9.17, 15) is 0 Å². The minimum absolute atomic E-state index is 0.252. The van der Waals surface area contributed by atoms with Crippen LogP contribution in [0.4, 0.5) is 0 Å². The second-order valence-corrected chi connectivity index (χ2v) is 7.61. The van der Waals surface area contributed by atoms with Gasteiger partial charge in [0.05, 0.1) is 33.0 Å². The van der Waals surface area contributed by atoms with Crippen LogP contribution in [-0.4, -0.2) is 89.6 Å². The summed E-state index contributed by atoms with van der Waals surface area (Å²) in [6, 6.07) is 8.63. The maximum atomic E-state index is 5.73. The largest absolute Gasteiger partial charge is 0.497 e. The molecule has 0 bridgehead atoms. The number of nitrogens with one attached hydrogen (secondary N) is 1. The summed E-state index contributed by atoms with van der Waals surface area (Å²) in [4.78, 5) is 9.36. The Morgan fingerprint density at radius 2 is 2.07 bits per heavy atom. The van der Waals surface area contributed by atoms with Gasteiger partial charge < -0.3 is 24.4 Å². The quantitative estimate of drug-likeness (QED) is 0.319. The van der Waals surface area contributed by atoms with E-state index in [0.29, 0.717) is 19.1 Å². The Kier molecular flexibility index (Phi) is 11.0. The highest BCUT2D eigenvalue weighted by Crippen LogP contribution is 2.24. The lowest BCUT2D eigenvalue weighted by Crippen LogP contribution is -2.44. The average molecular weight is 421 g/mol. The molecule has 2 rings (SSSR count). The molecule has 1 aromatic carbocycles. The third-order valence-electron chi connectivity index (χ3n) is 5.77. The average Bonchev–Trinajstić information content (AvgIpc) is 3.25. The highest BCUT2D eigenvalue weighted by molar-refractivity contribution is 5.80. The second kappa shape index (κ2) is 13.5. The molecule has 0 spiro atoms. The SMILES string of the molecule is CCN(CC)C(CNC(=NC)N1CCC(COCCOC)C1)c1cccc(OC)c1. The summed E-state index contributed by atoms with van der Waals surface area (Å²) in [5.41, 5.74) is 1.26. The Bertz CT molecular complexity index is 637. The molecule has 30 heavy (non-hydrogen) atoms. The van der Waals surface area contributed by atoms with Gasteiger partial charge >= 0.3 is 0 Å². The molecular formula is C23H40N4O3. The van der Waals surface area contributed by atoms with Gasteiger partial charge in [-0.05, 0) is 37.2 Å². The number of guanidine groups is 1. The van der Waals surface area contributed by atoms with Crippen LogP contribution < -0.4 is 10.1 Å². The van der Waals surface area contributed by atoms with Crippen molar-refractivity contribution in [3.8, 4) is 5.75 Å². The molecule has 7 nitrogen and oxygen atoms in total. The van der Waals surface area contributed by atoms with Crippen LogP contribution >= 0.6 is 0 Å². The number of benzene rings is 1. The molecule has 1 heterocycles. The topological polar surface area (TPSA) is 58.6 Å². The van der Waals surface area contributed by atoms with Crippen molar-refractivity contribution in [2.45, 2.75) is 26.3 Å². The lowest BCUT2D eigenvalue weighted by molar-refractivity contribution is 0.0536. The zero-order valence-corrected chi connectivity index (χ0v) is 19.4. The third-order valence-corrected chi connectivity index (χ3v) is 5.77. The van der Waals surface area contributed by atoms with E-state index in [-0.39, 0.29) is 6.04 Å². The maximum absolute atomic E-state index is 5.73. The first-order chi connectivity index (χ1) is 14.7. The van der Waals surface area contributed by atoms with Gasteiger partial charge in [0, 0.05) is 39.7 Å². The van der Waals surface area contributed by atoms with Crippen LogP contribution in [0.25, 0.3) is 0 Å². The molecule has 0 aromatic heterocycles. The number of likely N-dealkylation sites (N-methyl/N-ethyl adjacent to an activating group) is 1. The highest BCUT2D eigenvalue weighted by Gasteiger charge is 2.26. The summed E-state index contributed by atoms with van der Waals surface area (Å²) in [6.45, 7) is 11.3. The summed E-state index contributed by atoms with van der Waals surface area (Å²) in [6.07, 6.45) is 1.13. The van der Waals surface area contributed by atoms with Crippen LogP contribution in [0.1, 0.15) is 31.9 Å². The molecule has 0 saturated carbocycles. The van der Waals surface area contributed by atoms with Gasteiger partial charge in [0.25, 0.3) is 0 Å². The van der Waals surface area contributed by atoms with Crippen molar-refractivity contribution >= 4 is 5.96 Å². The molecule has 0 amide bonds. The smallest absolute Gasteiger partial charge is 0.193 e. The minimum atomic E-state index is 0.252. The maximum Gasteiger partial charge on any atom is 0.193 e. The molecule has 0 radical (unpaired) electrons. The van der Waals surface area contributed by atoms with E-state index in [1.54, 1.807) is 14.2 Å². The van der Waals surface area contributed by atoms with Crippen molar-refractivity contribution in [3.63, 3.8) is 0 Å². The Morgan fingerprint density at radius 1 is 1.27 bits per heavy atom. The van der Waals surface area contributed by atoms with E-state index in [1.165, 1.54) is 5.56 Å². The van der Waals surface area contributed by atoms with Crippen molar-refractivity contribution in [1.82, 2.24) is 15.1 Å². The van der Waals surface area contributed by atoms with Gasteiger partial charge in [0.15, 0.2) is 5.96 Å². The summed E-state index contributed by atoms with van der Waals surface area (Å²) in [5, 5.41) is 3.63. The fourth-order valence-electron chi connectivity index (χ4n) is 4.04. The Labute approximate surface area is 182 Å². The Morgan fingerprint density at radius 3 is 2.73 bits per heavy atom. The van der Waals surface area contributed by atoms with Crippen LogP contribution in [0.15, 0.2) is 29.3 Å². The van der Waals surface area contributed by atoms with Gasteiger partial charge in [0.2, 0.25) is 0 Å². The molecule has 1 aliphatic heterocycles. The van der Waals surface area contributed by atoms with E-state index in [0.717, 1.165) is 57.5 Å². The first-order valence-corrected chi connectivity index (χ1v) is 11.1. The molecular weight excluding hydrogens is 380 g/mol. The van der Waals surface area contributed by atoms with Gasteiger partial charge in [-0.15, -0.1) is 0 Å². The number of likely N-dealkylation sites (tertiary alicyclic amines) is 1. The molecule has 2 atom stereocenters. The monoisotopic (exact) mass is 420 g/mol. The third kappa shape index (κ3) is 7.15. The van der Waals surface area contributed by atoms with Gasteiger partial charge in [-0.1, -0.05) is 26.0 Å². The lowest BCUT2D eigenvalue weighted by atomic mass is 10.0. The second-order valence-electron chi connectivity index (χ2n) is 7.61. The van der Waals surface area contributed by atoms with E-state index in [4.69, 9.17) is 14.2 Å². The van der Waals surface area contributed by atoms with Crippen LogP contribution in [0.2, 0.25) is 0 Å². The van der Waals surface area contributed by atoms with Crippen molar-refractivity contribution < 1.29 is 14.2 Å². The number of hydrogen-bond acceptors (Lipinski definition) is 5. The summed E-state index contributed by atoms with van der Waals surface area (Å²) < 4.78 is 16.2. The zero-order chi connectivity index (χ0) is 21.8. The summed E-state index contributed by atoms with van der Waals surface area (Å²) >= 11 is 0. The molecule has 1 aromatic rings. The molecule has 170 valence electrons. The standard InChI is InChI=1S/C23H40N4O3/c1-6-26(7-2)22(20-9-8-10-21(15-20)29-5)16-25-23(24-3)27-12-11-19(17-27)18-30-14-13-28-4/h8-10,15,19,22H,6-7,11-14,16-18H2,1-5H3,(H,24,25). The minimum Gasteiger partial charge on any atom is -0.497 e. The molecule has 1 fully saturated rings. The molecule has 1 aliphatic rings. The lowest BCUT2D eigenvalue weighted by Gasteiger charge is -2.32. The molecule has 1 N–H and O–H groups in total. The number of hydrogen-bond donors (Lipinski definition) is 1. The van der Waals surface area contributed by atoms with E-state index >= 15 is 0 Å². The first-order valence-electron chi connectivity index (χ1n) is 11.1. The van der Waals surface area contributed by atoms with Crippen molar-refractivity contribution in [3.05, 3.63) is 29.8 Å². The zero-order valence-electron chi connectivity index (χ0n) is 19.4. The number of aliphatic imine (C=N–C) groups is 1. The van der Waals surface area contributed by atoms with Gasteiger partial charge in [-0.3, -0.25) is 9.89 Å². The molecule has 7 heteroatoms.